The molecule has 4 aromatic rings. The van der Waals surface area contributed by atoms with E-state index < -0.39 is 17.6 Å². The van der Waals surface area contributed by atoms with E-state index in [1.807, 2.05) is 4.40 Å². The van der Waals surface area contributed by atoms with Gasteiger partial charge >= 0.3 is 12.3 Å². The summed E-state index contributed by atoms with van der Waals surface area (Å²) in [5, 5.41) is 2.40. The van der Waals surface area contributed by atoms with E-state index in [9.17, 15) is 22.8 Å². The first kappa shape index (κ1) is 26.9. The molecule has 2 amide bonds. The normalized spacial score (nSPS) is 15.7. The fraction of sp³-hybridized carbons (Fsp3) is 0.296. The molecule has 0 unspecified atom stereocenters. The lowest BCUT2D eigenvalue weighted by molar-refractivity contribution is -0.137. The molecule has 1 atom stereocenters. The lowest BCUT2D eigenvalue weighted by Gasteiger charge is -2.31. The Morgan fingerprint density at radius 3 is 2.65 bits per heavy atom. The molecule has 40 heavy (non-hydrogen) atoms. The predicted octanol–water partition coefficient (Wildman–Crippen LogP) is 4.98. The van der Waals surface area contributed by atoms with Gasteiger partial charge in [-0.3, -0.25) is 9.20 Å². The van der Waals surface area contributed by atoms with E-state index in [1.54, 1.807) is 48.5 Å². The van der Waals surface area contributed by atoms with E-state index in [0.29, 0.717) is 36.5 Å². The highest BCUT2D eigenvalue weighted by atomic mass is 19.4. The number of carbonyl (C=O) groups is 2. The van der Waals surface area contributed by atoms with Crippen molar-refractivity contribution in [2.75, 3.05) is 30.7 Å². The number of ether oxygens (including phenoxy) is 1. The number of rotatable bonds is 5. The van der Waals surface area contributed by atoms with Crippen molar-refractivity contribution < 1.29 is 27.5 Å². The average Bonchev–Trinajstić information content (AvgIpc) is 3.34. The van der Waals surface area contributed by atoms with Gasteiger partial charge in [-0.15, -0.1) is 0 Å². The highest BCUT2D eigenvalue weighted by Gasteiger charge is 2.31. The zero-order valence-corrected chi connectivity index (χ0v) is 21.5. The number of imidazole rings is 1. The number of nitrogen functional groups attached to an aromatic ring is 1. The maximum absolute atomic E-state index is 13.0. The van der Waals surface area contributed by atoms with Crippen LogP contribution in [0, 0.1) is 0 Å². The molecule has 5 rings (SSSR count). The van der Waals surface area contributed by atoms with Gasteiger partial charge in [0.25, 0.3) is 5.91 Å². The van der Waals surface area contributed by atoms with Crippen molar-refractivity contribution in [3.05, 3.63) is 71.9 Å². The highest BCUT2D eigenvalue weighted by Crippen LogP contribution is 2.34. The molecule has 1 aliphatic heterocycles. The van der Waals surface area contributed by atoms with Gasteiger partial charge in [0.15, 0.2) is 0 Å². The minimum absolute atomic E-state index is 0.0637. The first-order valence-corrected chi connectivity index (χ1v) is 12.6. The highest BCUT2D eigenvalue weighted by molar-refractivity contribution is 6.04. The Labute approximate surface area is 227 Å². The molecule has 4 heterocycles. The van der Waals surface area contributed by atoms with Gasteiger partial charge in [0.2, 0.25) is 0 Å². The van der Waals surface area contributed by atoms with Crippen molar-refractivity contribution in [3.63, 3.8) is 0 Å². The summed E-state index contributed by atoms with van der Waals surface area (Å²) in [6, 6.07) is 8.04. The zero-order chi connectivity index (χ0) is 28.4. The average molecular weight is 554 g/mol. The number of fused-ring (bicyclic) bond motifs is 1. The molecule has 1 fully saturated rings. The fourth-order valence-electron chi connectivity index (χ4n) is 4.79. The summed E-state index contributed by atoms with van der Waals surface area (Å²) in [5.74, 6) is 0.108. The molecule has 0 saturated carbocycles. The van der Waals surface area contributed by atoms with E-state index in [2.05, 4.69) is 15.3 Å². The Hall–Kier alpha value is -4.68. The van der Waals surface area contributed by atoms with Crippen LogP contribution in [0.1, 0.15) is 47.4 Å². The summed E-state index contributed by atoms with van der Waals surface area (Å²) in [6.07, 6.45) is 1.03. The van der Waals surface area contributed by atoms with E-state index in [-0.39, 0.29) is 29.2 Å². The topological polar surface area (TPSA) is 128 Å². The van der Waals surface area contributed by atoms with Crippen LogP contribution in [0.3, 0.4) is 0 Å². The SMILES string of the molecule is CCOC(=O)N1CCC[C@@H](c2nc(-c3ccc(C(=O)Nc4cc(C(F)(F)F)ccn4)cc3)c3c(N)nccn23)C1. The van der Waals surface area contributed by atoms with E-state index in [1.165, 1.54) is 0 Å². The van der Waals surface area contributed by atoms with Crippen LogP contribution in [0.2, 0.25) is 0 Å². The van der Waals surface area contributed by atoms with Crippen molar-refractivity contribution in [2.24, 2.45) is 0 Å². The van der Waals surface area contributed by atoms with E-state index >= 15 is 0 Å². The Balaban J connectivity index is 1.42. The van der Waals surface area contributed by atoms with Gasteiger partial charge in [-0.25, -0.2) is 19.7 Å². The van der Waals surface area contributed by atoms with Crippen LogP contribution >= 0.6 is 0 Å². The van der Waals surface area contributed by atoms with Gasteiger partial charge in [0.05, 0.1) is 12.2 Å². The number of benzene rings is 1. The third-order valence-corrected chi connectivity index (χ3v) is 6.67. The number of nitrogens with one attached hydrogen (secondary N) is 1. The maximum Gasteiger partial charge on any atom is 0.416 e. The largest absolute Gasteiger partial charge is 0.450 e. The lowest BCUT2D eigenvalue weighted by Crippen LogP contribution is -2.39. The quantitative estimate of drug-likeness (QED) is 0.357. The van der Waals surface area contributed by atoms with E-state index in [4.69, 9.17) is 15.5 Å². The van der Waals surface area contributed by atoms with E-state index in [0.717, 1.165) is 37.0 Å². The van der Waals surface area contributed by atoms with Crippen LogP contribution in [0.25, 0.3) is 16.8 Å². The zero-order valence-electron chi connectivity index (χ0n) is 21.5. The van der Waals surface area contributed by atoms with Gasteiger partial charge in [-0.2, -0.15) is 13.2 Å². The summed E-state index contributed by atoms with van der Waals surface area (Å²) in [6.45, 7) is 3.11. The molecule has 3 aromatic heterocycles. The molecule has 3 N–H and O–H groups in total. The standard InChI is InChI=1S/C27H26F3N7O3/c1-2-40-26(39)36-12-3-4-18(15-36)24-35-21(22-23(31)33-11-13-37(22)24)16-5-7-17(8-6-16)25(38)34-20-14-19(9-10-32-20)27(28,29)30/h5-11,13-14,18H,2-4,12,15H2,1H3,(H2,31,33)(H,32,34,38)/t18-/m1/s1. The first-order valence-electron chi connectivity index (χ1n) is 12.6. The minimum atomic E-state index is -4.55. The third-order valence-electron chi connectivity index (χ3n) is 6.67. The molecule has 0 aliphatic carbocycles. The van der Waals surface area contributed by atoms with Gasteiger partial charge in [0.1, 0.15) is 28.7 Å². The molecule has 1 saturated heterocycles. The number of halogens is 3. The number of carbonyl (C=O) groups excluding carboxylic acids is 2. The van der Waals surface area contributed by atoms with Gasteiger partial charge < -0.3 is 20.7 Å². The lowest BCUT2D eigenvalue weighted by atomic mass is 9.97. The van der Waals surface area contributed by atoms with Crippen molar-refractivity contribution in [3.8, 4) is 11.3 Å². The number of pyridine rings is 1. The van der Waals surface area contributed by atoms with Crippen LogP contribution in [-0.2, 0) is 10.9 Å². The monoisotopic (exact) mass is 553 g/mol. The second-order valence-electron chi connectivity index (χ2n) is 9.29. The molecule has 0 spiro atoms. The number of amides is 2. The van der Waals surface area contributed by atoms with Crippen LogP contribution < -0.4 is 11.1 Å². The number of piperidine rings is 1. The van der Waals surface area contributed by atoms with Crippen molar-refractivity contribution in [1.82, 2.24) is 24.3 Å². The minimum Gasteiger partial charge on any atom is -0.450 e. The Bertz CT molecular complexity index is 1550. The second kappa shape index (κ2) is 10.8. The van der Waals surface area contributed by atoms with Gasteiger partial charge in [0, 0.05) is 48.7 Å². The Morgan fingerprint density at radius 1 is 1.15 bits per heavy atom. The number of nitrogens with two attached hydrogens (primary N) is 1. The summed E-state index contributed by atoms with van der Waals surface area (Å²) < 4.78 is 46.0. The Kier molecular flexibility index (Phi) is 7.28. The summed E-state index contributed by atoms with van der Waals surface area (Å²) in [5.41, 5.74) is 7.37. The number of anilines is 2. The number of likely N-dealkylation sites (tertiary alicyclic amines) is 1. The molecule has 0 bridgehead atoms. The number of nitrogens with zero attached hydrogens (tertiary/aromatic N) is 5. The first-order chi connectivity index (χ1) is 19.2. The molecule has 13 heteroatoms. The van der Waals surface area contributed by atoms with Gasteiger partial charge in [-0.1, -0.05) is 12.1 Å². The van der Waals surface area contributed by atoms with Crippen LogP contribution in [0.15, 0.2) is 55.0 Å². The molecule has 1 aromatic carbocycles. The molecule has 208 valence electrons. The summed E-state index contributed by atoms with van der Waals surface area (Å²) in [7, 11) is 0. The third kappa shape index (κ3) is 5.40. The predicted molar refractivity (Wildman–Crippen MR) is 141 cm³/mol. The van der Waals surface area contributed by atoms with Crippen molar-refractivity contribution in [1.29, 1.82) is 0 Å². The Morgan fingerprint density at radius 2 is 1.93 bits per heavy atom. The van der Waals surface area contributed by atoms with Crippen molar-refractivity contribution >= 4 is 29.2 Å². The number of hydrogen-bond donors (Lipinski definition) is 2. The molecule has 0 radical (unpaired) electrons. The molecular weight excluding hydrogens is 527 g/mol. The number of alkyl halides is 3. The second-order valence-corrected chi connectivity index (χ2v) is 9.29. The van der Waals surface area contributed by atoms with Crippen molar-refractivity contribution in [2.45, 2.75) is 31.9 Å². The van der Waals surface area contributed by atoms with Crippen LogP contribution in [0.4, 0.5) is 29.6 Å². The number of hydrogen-bond acceptors (Lipinski definition) is 7. The fourth-order valence-corrected chi connectivity index (χ4v) is 4.79. The molecule has 1 aliphatic rings. The smallest absolute Gasteiger partial charge is 0.416 e. The van der Waals surface area contributed by atoms with Crippen LogP contribution in [-0.4, -0.2) is 55.9 Å². The molecular formula is C27H26F3N7O3. The summed E-state index contributed by atoms with van der Waals surface area (Å²) >= 11 is 0. The molecule has 10 nitrogen and oxygen atoms in total. The van der Waals surface area contributed by atoms with Gasteiger partial charge in [-0.05, 0) is 44.0 Å². The maximum atomic E-state index is 13.0. The summed E-state index contributed by atoms with van der Waals surface area (Å²) in [4.78, 5) is 39.7. The number of aromatic nitrogens is 4. The van der Waals surface area contributed by atoms with Crippen LogP contribution in [0.5, 0.6) is 0 Å².